The predicted molar refractivity (Wildman–Crippen MR) is 117 cm³/mol. The molecular formula is C24H26O10. The van der Waals surface area contributed by atoms with Crippen LogP contribution in [0.1, 0.15) is 62.3 Å². The lowest BCUT2D eigenvalue weighted by atomic mass is 10.2. The predicted octanol–water partition coefficient (Wildman–Crippen LogP) is 5.24. The van der Waals surface area contributed by atoms with Gasteiger partial charge in [-0.2, -0.15) is 0 Å². The van der Waals surface area contributed by atoms with Crippen molar-refractivity contribution in [3.8, 4) is 11.5 Å². The summed E-state index contributed by atoms with van der Waals surface area (Å²) in [6.45, 7) is 10.2. The fourth-order valence-electron chi connectivity index (χ4n) is 2.22. The van der Waals surface area contributed by atoms with Gasteiger partial charge in [0.2, 0.25) is 0 Å². The number of rotatable bonds is 4. The molecule has 0 radical (unpaired) electrons. The molecule has 0 N–H and O–H groups in total. The van der Waals surface area contributed by atoms with E-state index < -0.39 is 35.5 Å². The first kappa shape index (κ1) is 26.2. The molecule has 0 unspecified atom stereocenters. The smallest absolute Gasteiger partial charge is 0.428 e. The average Bonchev–Trinajstić information content (AvgIpc) is 2.70. The summed E-state index contributed by atoms with van der Waals surface area (Å²) in [4.78, 5) is 56.6. The molecule has 2 aromatic rings. The Labute approximate surface area is 196 Å². The standard InChI is InChI=1S/C24H26O10/c1-23(2,3)31-21(27)29-17-11-7-15(8-12-17)19(25)33-34-20(26)16-9-13-18(14-10-16)30-22(28)32-24(4,5)6/h7-14H,1-6H3. The summed E-state index contributed by atoms with van der Waals surface area (Å²) >= 11 is 0. The minimum absolute atomic E-state index is 0.0467. The zero-order chi connectivity index (χ0) is 25.5. The summed E-state index contributed by atoms with van der Waals surface area (Å²) in [5, 5.41) is 0. The van der Waals surface area contributed by atoms with Crippen molar-refractivity contribution in [1.29, 1.82) is 0 Å². The molecule has 0 aliphatic rings. The summed E-state index contributed by atoms with van der Waals surface area (Å²) < 4.78 is 20.1. The Morgan fingerprint density at radius 2 is 0.824 bits per heavy atom. The average molecular weight is 474 g/mol. The number of ether oxygens (including phenoxy) is 4. The lowest BCUT2D eigenvalue weighted by Crippen LogP contribution is -2.26. The first-order valence-corrected chi connectivity index (χ1v) is 10.2. The molecule has 0 fully saturated rings. The molecule has 182 valence electrons. The molecule has 0 heterocycles. The van der Waals surface area contributed by atoms with Crippen molar-refractivity contribution >= 4 is 24.2 Å². The molecule has 34 heavy (non-hydrogen) atoms. The fourth-order valence-corrected chi connectivity index (χ4v) is 2.22. The third-order valence-corrected chi connectivity index (χ3v) is 3.55. The van der Waals surface area contributed by atoms with Gasteiger partial charge in [-0.25, -0.2) is 29.0 Å². The van der Waals surface area contributed by atoms with Gasteiger partial charge < -0.3 is 18.9 Å². The zero-order valence-electron chi connectivity index (χ0n) is 19.7. The second kappa shape index (κ2) is 10.7. The lowest BCUT2D eigenvalue weighted by molar-refractivity contribution is -0.187. The van der Waals surface area contributed by atoms with Crippen molar-refractivity contribution in [1.82, 2.24) is 0 Å². The van der Waals surface area contributed by atoms with Crippen LogP contribution < -0.4 is 9.47 Å². The Balaban J connectivity index is 1.86. The van der Waals surface area contributed by atoms with Crippen LogP contribution in [0.3, 0.4) is 0 Å². The van der Waals surface area contributed by atoms with E-state index in [4.69, 9.17) is 18.9 Å². The van der Waals surface area contributed by atoms with Crippen molar-refractivity contribution < 1.29 is 47.9 Å². The van der Waals surface area contributed by atoms with Gasteiger partial charge in [-0.1, -0.05) is 0 Å². The number of hydrogen-bond donors (Lipinski definition) is 0. The van der Waals surface area contributed by atoms with Gasteiger partial charge in [-0.3, -0.25) is 0 Å². The Bertz CT molecular complexity index is 940. The highest BCUT2D eigenvalue weighted by Gasteiger charge is 2.20. The highest BCUT2D eigenvalue weighted by atomic mass is 17.2. The van der Waals surface area contributed by atoms with Crippen molar-refractivity contribution in [2.75, 3.05) is 0 Å². The zero-order valence-corrected chi connectivity index (χ0v) is 19.7. The molecule has 0 bridgehead atoms. The maximum atomic E-state index is 12.1. The van der Waals surface area contributed by atoms with Crippen LogP contribution in [0.15, 0.2) is 48.5 Å². The van der Waals surface area contributed by atoms with Crippen LogP contribution in [0.2, 0.25) is 0 Å². The minimum Gasteiger partial charge on any atom is -0.428 e. The first-order chi connectivity index (χ1) is 15.7. The summed E-state index contributed by atoms with van der Waals surface area (Å²) in [6, 6.07) is 10.7. The molecular weight excluding hydrogens is 448 g/mol. The Kier molecular flexibility index (Phi) is 8.23. The molecule has 0 aliphatic heterocycles. The molecule has 2 rings (SSSR count). The van der Waals surface area contributed by atoms with E-state index in [2.05, 4.69) is 9.78 Å². The Morgan fingerprint density at radius 1 is 0.529 bits per heavy atom. The first-order valence-electron chi connectivity index (χ1n) is 10.2. The molecule has 10 nitrogen and oxygen atoms in total. The van der Waals surface area contributed by atoms with E-state index in [1.54, 1.807) is 41.5 Å². The highest BCUT2D eigenvalue weighted by molar-refractivity contribution is 5.92. The van der Waals surface area contributed by atoms with Gasteiger partial charge in [-0.15, -0.1) is 0 Å². The van der Waals surface area contributed by atoms with Crippen LogP contribution in [0.4, 0.5) is 9.59 Å². The van der Waals surface area contributed by atoms with Crippen LogP contribution in [0.25, 0.3) is 0 Å². The van der Waals surface area contributed by atoms with Gasteiger partial charge in [0.1, 0.15) is 22.7 Å². The quantitative estimate of drug-likeness (QED) is 0.251. The molecule has 0 atom stereocenters. The van der Waals surface area contributed by atoms with Gasteiger partial charge in [-0.05, 0) is 90.1 Å². The number of hydrogen-bond acceptors (Lipinski definition) is 10. The van der Waals surface area contributed by atoms with Gasteiger partial charge >= 0.3 is 24.2 Å². The van der Waals surface area contributed by atoms with Crippen LogP contribution in [-0.4, -0.2) is 35.5 Å². The molecule has 0 aromatic heterocycles. The van der Waals surface area contributed by atoms with Crippen LogP contribution >= 0.6 is 0 Å². The Hall–Kier alpha value is -4.08. The second-order valence-electron chi connectivity index (χ2n) is 8.92. The van der Waals surface area contributed by atoms with Crippen molar-refractivity contribution in [3.63, 3.8) is 0 Å². The van der Waals surface area contributed by atoms with Crippen molar-refractivity contribution in [2.45, 2.75) is 52.7 Å². The van der Waals surface area contributed by atoms with Gasteiger partial charge in [0.15, 0.2) is 0 Å². The summed E-state index contributed by atoms with van der Waals surface area (Å²) in [7, 11) is 0. The SMILES string of the molecule is CC(C)(C)OC(=O)Oc1ccc(C(=O)OOC(=O)c2ccc(OC(=O)OC(C)(C)C)cc2)cc1. The topological polar surface area (TPSA) is 124 Å². The van der Waals surface area contributed by atoms with Gasteiger partial charge in [0.25, 0.3) is 0 Å². The summed E-state index contributed by atoms with van der Waals surface area (Å²) in [5.74, 6) is -1.59. The number of carbonyl (C=O) groups excluding carboxylic acids is 4. The normalized spacial score (nSPS) is 11.1. The minimum atomic E-state index is -0.943. The van der Waals surface area contributed by atoms with Gasteiger partial charge in [0, 0.05) is 0 Å². The van der Waals surface area contributed by atoms with E-state index in [0.717, 1.165) is 0 Å². The Morgan fingerprint density at radius 3 is 1.09 bits per heavy atom. The van der Waals surface area contributed by atoms with E-state index in [0.29, 0.717) is 0 Å². The molecule has 10 heteroatoms. The lowest BCUT2D eigenvalue weighted by Gasteiger charge is -2.18. The van der Waals surface area contributed by atoms with Crippen molar-refractivity contribution in [2.24, 2.45) is 0 Å². The van der Waals surface area contributed by atoms with Crippen LogP contribution in [0, 0.1) is 0 Å². The third-order valence-electron chi connectivity index (χ3n) is 3.55. The van der Waals surface area contributed by atoms with Crippen LogP contribution in [-0.2, 0) is 19.2 Å². The number of benzene rings is 2. The number of carbonyl (C=O) groups is 4. The molecule has 2 aromatic carbocycles. The maximum Gasteiger partial charge on any atom is 0.514 e. The second-order valence-corrected chi connectivity index (χ2v) is 8.92. The van der Waals surface area contributed by atoms with E-state index in [1.807, 2.05) is 0 Å². The molecule has 0 amide bonds. The van der Waals surface area contributed by atoms with E-state index >= 15 is 0 Å². The highest BCUT2D eigenvalue weighted by Crippen LogP contribution is 2.18. The monoisotopic (exact) mass is 474 g/mol. The summed E-state index contributed by atoms with van der Waals surface area (Å²) in [6.07, 6.45) is -1.78. The van der Waals surface area contributed by atoms with E-state index in [9.17, 15) is 19.2 Å². The van der Waals surface area contributed by atoms with Crippen molar-refractivity contribution in [3.05, 3.63) is 59.7 Å². The molecule has 0 spiro atoms. The largest absolute Gasteiger partial charge is 0.514 e. The molecule has 0 saturated carbocycles. The maximum absolute atomic E-state index is 12.1. The molecule has 0 saturated heterocycles. The van der Waals surface area contributed by atoms with E-state index in [-0.39, 0.29) is 22.6 Å². The van der Waals surface area contributed by atoms with Gasteiger partial charge in [0.05, 0.1) is 11.1 Å². The van der Waals surface area contributed by atoms with E-state index in [1.165, 1.54) is 48.5 Å². The fraction of sp³-hybridized carbons (Fsp3) is 0.333. The summed E-state index contributed by atoms with van der Waals surface area (Å²) in [5.41, 5.74) is -1.33. The third kappa shape index (κ3) is 9.19. The molecule has 0 aliphatic carbocycles. The van der Waals surface area contributed by atoms with Crippen LogP contribution in [0.5, 0.6) is 11.5 Å².